The van der Waals surface area contributed by atoms with Crippen molar-refractivity contribution in [1.29, 1.82) is 0 Å². The van der Waals surface area contributed by atoms with E-state index in [0.717, 1.165) is 0 Å². The van der Waals surface area contributed by atoms with Gasteiger partial charge in [0.1, 0.15) is 18.8 Å². The molecule has 2 saturated heterocycles. The summed E-state index contributed by atoms with van der Waals surface area (Å²) in [6, 6.07) is -0.571. The molecule has 13 nitrogen and oxygen atoms in total. The number of nitrogen functional groups attached to an aromatic ring is 1. The molecule has 0 aliphatic carbocycles. The van der Waals surface area contributed by atoms with E-state index in [1.807, 2.05) is 0 Å². The Labute approximate surface area is 201 Å². The quantitative estimate of drug-likeness (QED) is 0.389. The number of nitrogens with zero attached hydrogens (tertiary/aromatic N) is 4. The zero-order valence-electron chi connectivity index (χ0n) is 20.1. The fourth-order valence-corrected chi connectivity index (χ4v) is 5.72. The Balaban J connectivity index is 1.53. The molecule has 15 heteroatoms. The number of carbonyl (C=O) groups excluding carboxylic acids is 1. The molecule has 2 aliphatic rings. The van der Waals surface area contributed by atoms with Crippen LogP contribution in [0.4, 0.5) is 10.3 Å². The second kappa shape index (κ2) is 9.58. The van der Waals surface area contributed by atoms with Crippen molar-refractivity contribution in [2.24, 2.45) is 5.92 Å². The molecular weight excluding hydrogens is 486 g/mol. The second-order valence-electron chi connectivity index (χ2n) is 8.96. The maximum absolute atomic E-state index is 16.2. The average Bonchev–Trinajstić information content (AvgIpc) is 3.30. The van der Waals surface area contributed by atoms with Crippen molar-refractivity contribution >= 4 is 30.8 Å². The zero-order chi connectivity index (χ0) is 25.5. The number of carbonyl (C=O) groups is 1. The number of esters is 1. The highest BCUT2D eigenvalue weighted by molar-refractivity contribution is 7.51. The van der Waals surface area contributed by atoms with Crippen molar-refractivity contribution in [2.75, 3.05) is 25.6 Å². The van der Waals surface area contributed by atoms with Crippen LogP contribution in [0.15, 0.2) is 6.33 Å². The van der Waals surface area contributed by atoms with Gasteiger partial charge in [-0.1, -0.05) is 13.8 Å². The van der Waals surface area contributed by atoms with Gasteiger partial charge in [-0.3, -0.25) is 18.4 Å². The number of hydrogen-bond acceptors (Lipinski definition) is 11. The van der Waals surface area contributed by atoms with Crippen molar-refractivity contribution in [3.63, 3.8) is 0 Å². The SMILES string of the molecule is CCOc1nc(N)nc2c1ncn2[C@@H]1O[C@@H]2CO[P@](=O)(N[C@@H](C)COC(=O)C(C)C)O[C@H]2[C@@]1(C)F. The van der Waals surface area contributed by atoms with Gasteiger partial charge in [0.25, 0.3) is 0 Å². The molecule has 0 amide bonds. The van der Waals surface area contributed by atoms with Gasteiger partial charge in [-0.05, 0) is 20.8 Å². The molecule has 0 saturated carbocycles. The van der Waals surface area contributed by atoms with Crippen LogP contribution >= 0.6 is 7.75 Å². The predicted molar refractivity (Wildman–Crippen MR) is 121 cm³/mol. The largest absolute Gasteiger partial charge is 0.476 e. The van der Waals surface area contributed by atoms with Gasteiger partial charge in [0.15, 0.2) is 23.1 Å². The van der Waals surface area contributed by atoms with Gasteiger partial charge < -0.3 is 19.9 Å². The first-order chi connectivity index (χ1) is 16.4. The van der Waals surface area contributed by atoms with Crippen LogP contribution in [-0.2, 0) is 27.9 Å². The molecule has 0 bridgehead atoms. The lowest BCUT2D eigenvalue weighted by atomic mass is 9.98. The summed E-state index contributed by atoms with van der Waals surface area (Å²) in [5.74, 6) is -0.593. The molecule has 0 radical (unpaired) electrons. The van der Waals surface area contributed by atoms with Crippen LogP contribution in [0.25, 0.3) is 11.2 Å². The van der Waals surface area contributed by atoms with Crippen LogP contribution in [0.5, 0.6) is 5.88 Å². The van der Waals surface area contributed by atoms with Crippen LogP contribution < -0.4 is 15.6 Å². The van der Waals surface area contributed by atoms with E-state index in [9.17, 15) is 9.36 Å². The van der Waals surface area contributed by atoms with Crippen LogP contribution in [0, 0.1) is 5.92 Å². The van der Waals surface area contributed by atoms with E-state index in [4.69, 9.17) is 29.0 Å². The minimum absolute atomic E-state index is 0.0574. The number of aromatic nitrogens is 4. The first-order valence-electron chi connectivity index (χ1n) is 11.3. The van der Waals surface area contributed by atoms with E-state index in [1.54, 1.807) is 27.7 Å². The number of halogens is 1. The van der Waals surface area contributed by atoms with E-state index in [1.165, 1.54) is 17.8 Å². The molecule has 2 aromatic rings. The molecule has 0 spiro atoms. The molecule has 6 atom stereocenters. The summed E-state index contributed by atoms with van der Waals surface area (Å²) in [4.78, 5) is 24.2. The molecule has 2 fully saturated rings. The lowest BCUT2D eigenvalue weighted by Crippen LogP contribution is -2.47. The van der Waals surface area contributed by atoms with E-state index >= 15 is 4.39 Å². The maximum atomic E-state index is 16.2. The fraction of sp³-hybridized carbons (Fsp3) is 0.700. The number of rotatable bonds is 8. The second-order valence-corrected chi connectivity index (χ2v) is 10.7. The molecule has 4 rings (SSSR count). The van der Waals surface area contributed by atoms with Gasteiger partial charge in [0, 0.05) is 6.04 Å². The summed E-state index contributed by atoms with van der Waals surface area (Å²) >= 11 is 0. The van der Waals surface area contributed by atoms with Crippen molar-refractivity contribution in [1.82, 2.24) is 24.6 Å². The van der Waals surface area contributed by atoms with Gasteiger partial charge in [-0.15, -0.1) is 0 Å². The van der Waals surface area contributed by atoms with Crippen molar-refractivity contribution in [3.8, 4) is 5.88 Å². The molecule has 2 aromatic heterocycles. The first kappa shape index (κ1) is 25.7. The van der Waals surface area contributed by atoms with E-state index in [0.29, 0.717) is 12.1 Å². The van der Waals surface area contributed by atoms with Crippen LogP contribution in [0.1, 0.15) is 40.8 Å². The van der Waals surface area contributed by atoms with Gasteiger partial charge in [0.05, 0.1) is 25.5 Å². The Hall–Kier alpha value is -2.38. The molecule has 35 heavy (non-hydrogen) atoms. The smallest absolute Gasteiger partial charge is 0.406 e. The Morgan fingerprint density at radius 3 is 2.86 bits per heavy atom. The standard InChI is InChI=1S/C20H30FN6O7P/c1-6-30-16-13-15(24-19(22)25-16)27(9-23-13)18-20(5,21)14-12(33-18)8-32-35(29,34-14)26-11(4)7-31-17(28)10(2)3/h9-12,14,18H,6-8H2,1-5H3,(H,26,29)(H2,22,24,25)/t11-,12+,14+,18+,20+,35+/m0/s1. The van der Waals surface area contributed by atoms with Gasteiger partial charge in [0.2, 0.25) is 11.8 Å². The van der Waals surface area contributed by atoms with Gasteiger partial charge in [-0.2, -0.15) is 9.97 Å². The van der Waals surface area contributed by atoms with Crippen LogP contribution in [0.3, 0.4) is 0 Å². The van der Waals surface area contributed by atoms with Crippen LogP contribution in [0.2, 0.25) is 0 Å². The summed E-state index contributed by atoms with van der Waals surface area (Å²) in [6.45, 7) is 8.20. The number of fused-ring (bicyclic) bond motifs is 2. The lowest BCUT2D eigenvalue weighted by Gasteiger charge is -2.35. The topological polar surface area (TPSA) is 162 Å². The third kappa shape index (κ3) is 4.98. The lowest BCUT2D eigenvalue weighted by molar-refractivity contribution is -0.147. The van der Waals surface area contributed by atoms with Gasteiger partial charge in [-0.25, -0.2) is 19.0 Å². The minimum atomic E-state index is -3.93. The zero-order valence-corrected chi connectivity index (χ0v) is 21.0. The Morgan fingerprint density at radius 1 is 1.43 bits per heavy atom. The van der Waals surface area contributed by atoms with Gasteiger partial charge >= 0.3 is 13.7 Å². The fourth-order valence-electron chi connectivity index (χ4n) is 3.92. The normalized spacial score (nSPS) is 31.5. The minimum Gasteiger partial charge on any atom is -0.476 e. The highest BCUT2D eigenvalue weighted by atomic mass is 31.2. The summed E-state index contributed by atoms with van der Waals surface area (Å²) in [6.07, 6.45) is -1.96. The molecule has 4 heterocycles. The molecule has 194 valence electrons. The molecule has 0 unspecified atom stereocenters. The number of nitrogens with two attached hydrogens (primary N) is 1. The average molecular weight is 516 g/mol. The van der Waals surface area contributed by atoms with E-state index in [2.05, 4.69) is 20.0 Å². The number of hydrogen-bond donors (Lipinski definition) is 2. The Bertz CT molecular complexity index is 1140. The van der Waals surface area contributed by atoms with E-state index in [-0.39, 0.29) is 36.6 Å². The number of imidazole rings is 1. The molecule has 2 aliphatic heterocycles. The number of alkyl halides is 1. The predicted octanol–water partition coefficient (Wildman–Crippen LogP) is 2.13. The number of anilines is 1. The number of nitrogens with one attached hydrogen (secondary N) is 1. The maximum Gasteiger partial charge on any atom is 0.406 e. The first-order valence-corrected chi connectivity index (χ1v) is 12.8. The summed E-state index contributed by atoms with van der Waals surface area (Å²) in [7, 11) is -3.93. The van der Waals surface area contributed by atoms with Crippen LogP contribution in [-0.4, -0.2) is 69.2 Å². The molecular formula is C20H30FN6O7P. The third-order valence-corrected chi connectivity index (χ3v) is 7.36. The summed E-state index contributed by atoms with van der Waals surface area (Å²) in [5.41, 5.74) is 4.17. The van der Waals surface area contributed by atoms with Crippen molar-refractivity contribution < 1.29 is 37.0 Å². The summed E-state index contributed by atoms with van der Waals surface area (Å²) < 4.78 is 58.4. The Kier molecular flexibility index (Phi) is 7.04. The number of ether oxygens (including phenoxy) is 3. The highest BCUT2D eigenvalue weighted by Crippen LogP contribution is 2.57. The third-order valence-electron chi connectivity index (χ3n) is 5.61. The monoisotopic (exact) mass is 516 g/mol. The Morgan fingerprint density at radius 2 is 2.17 bits per heavy atom. The molecule has 0 aromatic carbocycles. The van der Waals surface area contributed by atoms with E-state index < -0.39 is 43.9 Å². The van der Waals surface area contributed by atoms with Crippen molar-refractivity contribution in [3.05, 3.63) is 6.33 Å². The molecule has 3 N–H and O–H groups in total. The highest BCUT2D eigenvalue weighted by Gasteiger charge is 2.61. The van der Waals surface area contributed by atoms with Crippen molar-refractivity contribution in [2.45, 2.75) is 64.8 Å². The summed E-state index contributed by atoms with van der Waals surface area (Å²) in [5, 5.41) is 2.69.